The second-order valence-corrected chi connectivity index (χ2v) is 6.88. The monoisotopic (exact) mass is 390 g/mol. The number of halogens is 1. The van der Waals surface area contributed by atoms with Crippen molar-refractivity contribution >= 4 is 50.2 Å². The Labute approximate surface area is 158 Å². The zero-order chi connectivity index (χ0) is 18.7. The summed E-state index contributed by atoms with van der Waals surface area (Å²) < 4.78 is 10.9. The highest BCUT2D eigenvalue weighted by molar-refractivity contribution is 7.22. The number of nitrogens with zero attached hydrogens (tertiary/aromatic N) is 1. The van der Waals surface area contributed by atoms with Crippen LogP contribution < -0.4 is 10.1 Å². The van der Waals surface area contributed by atoms with Gasteiger partial charge < -0.3 is 9.47 Å². The molecule has 1 aromatic heterocycles. The Hall–Kier alpha value is -2.64. The van der Waals surface area contributed by atoms with E-state index in [-0.39, 0.29) is 12.5 Å². The van der Waals surface area contributed by atoms with Crippen LogP contribution >= 0.6 is 22.9 Å². The van der Waals surface area contributed by atoms with Crippen molar-refractivity contribution in [1.82, 2.24) is 4.98 Å². The third-order valence-electron chi connectivity index (χ3n) is 3.56. The van der Waals surface area contributed by atoms with Gasteiger partial charge in [0.15, 0.2) is 11.7 Å². The topological polar surface area (TPSA) is 77.5 Å². The number of aromatic nitrogens is 1. The molecule has 0 aliphatic heterocycles. The molecule has 0 aliphatic rings. The number of methoxy groups -OCH3 is 1. The number of carbonyl (C=O) groups is 2. The van der Waals surface area contributed by atoms with Crippen LogP contribution in [0.25, 0.3) is 10.2 Å². The molecule has 1 N–H and O–H groups in total. The van der Waals surface area contributed by atoms with Crippen LogP contribution in [0.5, 0.6) is 5.75 Å². The highest BCUT2D eigenvalue weighted by Gasteiger charge is 2.12. The lowest BCUT2D eigenvalue weighted by molar-refractivity contribution is -0.118. The number of carbonyl (C=O) groups excluding carboxylic acids is 2. The Kier molecular flexibility index (Phi) is 5.39. The fourth-order valence-corrected chi connectivity index (χ4v) is 3.27. The summed E-state index contributed by atoms with van der Waals surface area (Å²) in [5.41, 5.74) is 1.99. The van der Waals surface area contributed by atoms with E-state index < -0.39 is 5.97 Å². The van der Waals surface area contributed by atoms with Gasteiger partial charge in [-0.25, -0.2) is 9.78 Å². The van der Waals surface area contributed by atoms with Crippen LogP contribution in [-0.4, -0.2) is 30.6 Å². The van der Waals surface area contributed by atoms with Gasteiger partial charge in [0.25, 0.3) is 5.91 Å². The van der Waals surface area contributed by atoms with Gasteiger partial charge in [-0.3, -0.25) is 10.1 Å². The normalized spacial score (nSPS) is 10.6. The molecular weight excluding hydrogens is 376 g/mol. The number of rotatable bonds is 5. The molecule has 134 valence electrons. The number of ether oxygens (including phenoxy) is 2. The highest BCUT2D eigenvalue weighted by Crippen LogP contribution is 2.27. The molecule has 0 bridgehead atoms. The number of esters is 1. The zero-order valence-electron chi connectivity index (χ0n) is 14.0. The van der Waals surface area contributed by atoms with Crippen LogP contribution in [0.15, 0.2) is 36.4 Å². The molecule has 8 heteroatoms. The Morgan fingerprint density at radius 2 is 2.04 bits per heavy atom. The molecule has 0 fully saturated rings. The molecule has 2 aromatic carbocycles. The molecule has 0 unspecified atom stereocenters. The molecule has 1 heterocycles. The molecule has 6 nitrogen and oxygen atoms in total. The second kappa shape index (κ2) is 7.72. The van der Waals surface area contributed by atoms with Crippen LogP contribution in [0, 0.1) is 6.92 Å². The van der Waals surface area contributed by atoms with Gasteiger partial charge in [0.05, 0.1) is 22.9 Å². The zero-order valence-corrected chi connectivity index (χ0v) is 15.6. The smallest absolute Gasteiger partial charge is 0.337 e. The van der Waals surface area contributed by atoms with Gasteiger partial charge in [-0.05, 0) is 48.9 Å². The summed E-state index contributed by atoms with van der Waals surface area (Å²) >= 11 is 7.23. The lowest BCUT2D eigenvalue weighted by Gasteiger charge is -2.07. The van der Waals surface area contributed by atoms with E-state index in [1.807, 2.05) is 6.92 Å². The highest BCUT2D eigenvalue weighted by atomic mass is 35.5. The number of anilines is 1. The summed E-state index contributed by atoms with van der Waals surface area (Å²) in [4.78, 5) is 28.0. The van der Waals surface area contributed by atoms with Crippen molar-refractivity contribution in [3.05, 3.63) is 52.5 Å². The van der Waals surface area contributed by atoms with Gasteiger partial charge in [0.1, 0.15) is 5.75 Å². The van der Waals surface area contributed by atoms with E-state index in [9.17, 15) is 9.59 Å². The number of thiazole rings is 1. The number of amides is 1. The maximum atomic E-state index is 12.1. The number of fused-ring (bicyclic) bond motifs is 1. The van der Waals surface area contributed by atoms with E-state index in [1.54, 1.807) is 36.4 Å². The molecule has 26 heavy (non-hydrogen) atoms. The van der Waals surface area contributed by atoms with E-state index in [0.717, 1.165) is 10.3 Å². The lowest BCUT2D eigenvalue weighted by atomic mass is 10.2. The molecule has 0 saturated carbocycles. The summed E-state index contributed by atoms with van der Waals surface area (Å²) in [6, 6.07) is 10.2. The number of hydrogen-bond donors (Lipinski definition) is 1. The van der Waals surface area contributed by atoms with Crippen molar-refractivity contribution in [2.45, 2.75) is 6.92 Å². The van der Waals surface area contributed by atoms with E-state index in [0.29, 0.717) is 27.0 Å². The minimum Gasteiger partial charge on any atom is -0.484 e. The molecular formula is C18H15ClN2O4S. The van der Waals surface area contributed by atoms with Crippen molar-refractivity contribution in [2.75, 3.05) is 19.0 Å². The van der Waals surface area contributed by atoms with E-state index in [2.05, 4.69) is 10.3 Å². The molecule has 0 spiro atoms. The summed E-state index contributed by atoms with van der Waals surface area (Å²) in [6.07, 6.45) is 0. The number of nitrogens with one attached hydrogen (secondary N) is 1. The minimum atomic E-state index is -0.419. The van der Waals surface area contributed by atoms with E-state index in [1.165, 1.54) is 18.4 Å². The Morgan fingerprint density at radius 3 is 2.77 bits per heavy atom. The summed E-state index contributed by atoms with van der Waals surface area (Å²) in [7, 11) is 1.33. The first-order valence-corrected chi connectivity index (χ1v) is 8.83. The van der Waals surface area contributed by atoms with Crippen molar-refractivity contribution in [3.63, 3.8) is 0 Å². The molecule has 0 aliphatic carbocycles. The third-order valence-corrected chi connectivity index (χ3v) is 4.91. The largest absolute Gasteiger partial charge is 0.484 e. The van der Waals surface area contributed by atoms with Crippen LogP contribution in [-0.2, 0) is 9.53 Å². The second-order valence-electron chi connectivity index (χ2n) is 5.44. The van der Waals surface area contributed by atoms with Crippen molar-refractivity contribution in [2.24, 2.45) is 0 Å². The van der Waals surface area contributed by atoms with Crippen LogP contribution in [0.2, 0.25) is 5.02 Å². The van der Waals surface area contributed by atoms with Gasteiger partial charge in [0.2, 0.25) is 0 Å². The first-order valence-electron chi connectivity index (χ1n) is 7.64. The van der Waals surface area contributed by atoms with Gasteiger partial charge in [-0.2, -0.15) is 0 Å². The standard InChI is InChI=1S/C18H15ClN2O4S/c1-10-7-12(4-5-13(10)19)25-9-16(22)21-18-20-14-6-3-11(17(23)24-2)8-15(14)26-18/h3-8H,9H2,1-2H3,(H,20,21,22). The predicted octanol–water partition coefficient (Wildman–Crippen LogP) is 4.06. The number of benzene rings is 2. The molecule has 3 rings (SSSR count). The van der Waals surface area contributed by atoms with Gasteiger partial charge in [-0.1, -0.05) is 22.9 Å². The number of aryl methyl sites for hydroxylation is 1. The fourth-order valence-electron chi connectivity index (χ4n) is 2.23. The van der Waals surface area contributed by atoms with Crippen molar-refractivity contribution < 1.29 is 19.1 Å². The SMILES string of the molecule is COC(=O)c1ccc2nc(NC(=O)COc3ccc(Cl)c(C)c3)sc2c1. The number of hydrogen-bond acceptors (Lipinski definition) is 6. The van der Waals surface area contributed by atoms with Crippen LogP contribution in [0.4, 0.5) is 5.13 Å². The molecule has 0 radical (unpaired) electrons. The summed E-state index contributed by atoms with van der Waals surface area (Å²) in [5.74, 6) is -0.184. The summed E-state index contributed by atoms with van der Waals surface area (Å²) in [5, 5.41) is 3.77. The van der Waals surface area contributed by atoms with Crippen molar-refractivity contribution in [1.29, 1.82) is 0 Å². The molecule has 0 saturated heterocycles. The maximum absolute atomic E-state index is 12.1. The Morgan fingerprint density at radius 1 is 1.23 bits per heavy atom. The average molecular weight is 391 g/mol. The average Bonchev–Trinajstić information content (AvgIpc) is 3.03. The lowest BCUT2D eigenvalue weighted by Crippen LogP contribution is -2.20. The molecule has 1 amide bonds. The maximum Gasteiger partial charge on any atom is 0.337 e. The Balaban J connectivity index is 1.65. The Bertz CT molecular complexity index is 986. The van der Waals surface area contributed by atoms with Crippen molar-refractivity contribution in [3.8, 4) is 5.75 Å². The van der Waals surface area contributed by atoms with Crippen LogP contribution in [0.1, 0.15) is 15.9 Å². The van der Waals surface area contributed by atoms with Crippen LogP contribution in [0.3, 0.4) is 0 Å². The molecule has 3 aromatic rings. The predicted molar refractivity (Wildman–Crippen MR) is 101 cm³/mol. The minimum absolute atomic E-state index is 0.148. The van der Waals surface area contributed by atoms with Gasteiger partial charge >= 0.3 is 5.97 Å². The molecule has 0 atom stereocenters. The first kappa shape index (κ1) is 18.2. The quantitative estimate of drug-likeness (QED) is 0.664. The van der Waals surface area contributed by atoms with E-state index >= 15 is 0 Å². The third kappa shape index (κ3) is 4.12. The fraction of sp³-hybridized carbons (Fsp3) is 0.167. The first-order chi connectivity index (χ1) is 12.5. The van der Waals surface area contributed by atoms with Gasteiger partial charge in [-0.15, -0.1) is 0 Å². The van der Waals surface area contributed by atoms with E-state index in [4.69, 9.17) is 21.1 Å². The van der Waals surface area contributed by atoms with Gasteiger partial charge in [0, 0.05) is 5.02 Å². The summed E-state index contributed by atoms with van der Waals surface area (Å²) in [6.45, 7) is 1.71.